The van der Waals surface area contributed by atoms with Crippen molar-refractivity contribution in [2.75, 3.05) is 32.1 Å². The number of fused-ring (bicyclic) bond motifs is 1. The largest absolute Gasteiger partial charge is 0.496 e. The van der Waals surface area contributed by atoms with Crippen LogP contribution in [0.15, 0.2) is 30.6 Å². The SMILES string of the molecule is COc1ccccc1[C@@H](CNc1ncnc2sc(C)c(C)c12)[NH+]1CCCC1. The Hall–Kier alpha value is -2.18. The lowest BCUT2D eigenvalue weighted by atomic mass is 10.0. The summed E-state index contributed by atoms with van der Waals surface area (Å²) < 4.78 is 5.67. The second kappa shape index (κ2) is 7.82. The third-order valence-corrected chi connectivity index (χ3v) is 6.81. The maximum atomic E-state index is 5.67. The first-order valence-corrected chi connectivity index (χ1v) is 10.4. The van der Waals surface area contributed by atoms with Gasteiger partial charge in [-0.3, -0.25) is 0 Å². The number of thiophene rings is 1. The highest BCUT2D eigenvalue weighted by atomic mass is 32.1. The van der Waals surface area contributed by atoms with E-state index in [0.29, 0.717) is 6.04 Å². The molecule has 0 radical (unpaired) electrons. The van der Waals surface area contributed by atoms with Crippen molar-refractivity contribution in [1.82, 2.24) is 9.97 Å². The minimum atomic E-state index is 0.341. The van der Waals surface area contributed by atoms with E-state index in [1.807, 2.05) is 6.07 Å². The number of methoxy groups -OCH3 is 1. The summed E-state index contributed by atoms with van der Waals surface area (Å²) in [6.07, 6.45) is 4.25. The summed E-state index contributed by atoms with van der Waals surface area (Å²) in [5, 5.41) is 4.81. The van der Waals surface area contributed by atoms with Gasteiger partial charge in [0.25, 0.3) is 0 Å². The molecule has 0 spiro atoms. The lowest BCUT2D eigenvalue weighted by Gasteiger charge is -2.26. The van der Waals surface area contributed by atoms with Gasteiger partial charge in [-0.05, 0) is 31.5 Å². The van der Waals surface area contributed by atoms with Crippen molar-refractivity contribution in [3.05, 3.63) is 46.6 Å². The van der Waals surface area contributed by atoms with E-state index in [4.69, 9.17) is 4.74 Å². The zero-order valence-corrected chi connectivity index (χ0v) is 17.0. The number of benzene rings is 1. The van der Waals surface area contributed by atoms with Crippen LogP contribution in [0.5, 0.6) is 5.75 Å². The van der Waals surface area contributed by atoms with Crippen LogP contribution in [-0.4, -0.2) is 36.7 Å². The summed E-state index contributed by atoms with van der Waals surface area (Å²) in [4.78, 5) is 13.0. The Morgan fingerprint density at radius 3 is 2.74 bits per heavy atom. The van der Waals surface area contributed by atoms with Crippen LogP contribution in [0.2, 0.25) is 0 Å². The second-order valence-corrected chi connectivity index (χ2v) is 8.43. The Kier molecular flexibility index (Phi) is 5.27. The van der Waals surface area contributed by atoms with Crippen molar-refractivity contribution < 1.29 is 9.64 Å². The number of nitrogens with zero attached hydrogens (tertiary/aromatic N) is 2. The van der Waals surface area contributed by atoms with Crippen molar-refractivity contribution in [3.63, 3.8) is 0 Å². The third-order valence-electron chi connectivity index (χ3n) is 5.69. The molecular formula is C21H27N4OS+. The van der Waals surface area contributed by atoms with Crippen molar-refractivity contribution in [2.45, 2.75) is 32.7 Å². The van der Waals surface area contributed by atoms with Gasteiger partial charge in [0.05, 0.1) is 37.7 Å². The van der Waals surface area contributed by atoms with Crippen LogP contribution < -0.4 is 15.0 Å². The van der Waals surface area contributed by atoms with Gasteiger partial charge in [0.2, 0.25) is 0 Å². The Labute approximate surface area is 164 Å². The molecular weight excluding hydrogens is 356 g/mol. The van der Waals surface area contributed by atoms with Crippen LogP contribution >= 0.6 is 11.3 Å². The summed E-state index contributed by atoms with van der Waals surface area (Å²) in [6, 6.07) is 8.75. The highest BCUT2D eigenvalue weighted by molar-refractivity contribution is 7.18. The molecule has 1 saturated heterocycles. The molecule has 0 unspecified atom stereocenters. The monoisotopic (exact) mass is 383 g/mol. The lowest BCUT2D eigenvalue weighted by Crippen LogP contribution is -3.11. The predicted octanol–water partition coefficient (Wildman–Crippen LogP) is 3.15. The minimum Gasteiger partial charge on any atom is -0.496 e. The van der Waals surface area contributed by atoms with E-state index in [1.165, 1.54) is 41.9 Å². The lowest BCUT2D eigenvalue weighted by molar-refractivity contribution is -0.917. The van der Waals surface area contributed by atoms with E-state index in [-0.39, 0.29) is 0 Å². The van der Waals surface area contributed by atoms with Crippen LogP contribution in [0, 0.1) is 13.8 Å². The summed E-state index contributed by atoms with van der Waals surface area (Å²) in [6.45, 7) is 7.56. The molecule has 1 aliphatic rings. The van der Waals surface area contributed by atoms with Gasteiger partial charge in [-0.1, -0.05) is 12.1 Å². The zero-order chi connectivity index (χ0) is 18.8. The number of rotatable bonds is 6. The fraction of sp³-hybridized carbons (Fsp3) is 0.429. The summed E-state index contributed by atoms with van der Waals surface area (Å²) in [5.41, 5.74) is 2.55. The molecule has 4 rings (SSSR count). The van der Waals surface area contributed by atoms with Crippen molar-refractivity contribution in [1.29, 1.82) is 0 Å². The van der Waals surface area contributed by atoms with E-state index in [0.717, 1.165) is 28.3 Å². The Bertz CT molecular complexity index is 933. The molecule has 2 aromatic heterocycles. The van der Waals surface area contributed by atoms with Gasteiger partial charge in [-0.15, -0.1) is 11.3 Å². The summed E-state index contributed by atoms with van der Waals surface area (Å²) >= 11 is 1.74. The first kappa shape index (κ1) is 18.2. The Balaban J connectivity index is 1.65. The number of aryl methyl sites for hydroxylation is 2. The quantitative estimate of drug-likeness (QED) is 0.687. The minimum absolute atomic E-state index is 0.341. The van der Waals surface area contributed by atoms with Gasteiger partial charge in [-0.2, -0.15) is 0 Å². The van der Waals surface area contributed by atoms with Crippen LogP contribution in [0.3, 0.4) is 0 Å². The Morgan fingerprint density at radius 2 is 1.96 bits per heavy atom. The molecule has 1 fully saturated rings. The molecule has 142 valence electrons. The number of nitrogens with one attached hydrogen (secondary N) is 2. The van der Waals surface area contributed by atoms with Gasteiger partial charge in [-0.25, -0.2) is 9.97 Å². The molecule has 1 atom stereocenters. The number of likely N-dealkylation sites (tertiary alicyclic amines) is 1. The zero-order valence-electron chi connectivity index (χ0n) is 16.2. The molecule has 0 amide bonds. The van der Waals surface area contributed by atoms with E-state index in [1.54, 1.807) is 29.7 Å². The van der Waals surface area contributed by atoms with Crippen LogP contribution in [0.4, 0.5) is 5.82 Å². The van der Waals surface area contributed by atoms with E-state index >= 15 is 0 Å². The summed E-state index contributed by atoms with van der Waals surface area (Å²) in [5.74, 6) is 1.92. The number of aromatic nitrogens is 2. The third kappa shape index (κ3) is 3.51. The number of hydrogen-bond donors (Lipinski definition) is 2. The molecule has 0 saturated carbocycles. The van der Waals surface area contributed by atoms with Gasteiger partial charge >= 0.3 is 0 Å². The number of quaternary nitrogens is 1. The molecule has 1 aromatic carbocycles. The van der Waals surface area contributed by atoms with Crippen LogP contribution in [-0.2, 0) is 0 Å². The molecule has 3 heterocycles. The fourth-order valence-electron chi connectivity index (χ4n) is 4.12. The molecule has 2 N–H and O–H groups in total. The predicted molar refractivity (Wildman–Crippen MR) is 111 cm³/mol. The second-order valence-electron chi connectivity index (χ2n) is 7.23. The molecule has 3 aromatic rings. The normalized spacial score (nSPS) is 16.0. The topological polar surface area (TPSA) is 51.5 Å². The first-order chi connectivity index (χ1) is 13.2. The molecule has 27 heavy (non-hydrogen) atoms. The van der Waals surface area contributed by atoms with Crippen LogP contribution in [0.25, 0.3) is 10.2 Å². The van der Waals surface area contributed by atoms with Crippen LogP contribution in [0.1, 0.15) is 34.9 Å². The first-order valence-electron chi connectivity index (χ1n) is 9.61. The Morgan fingerprint density at radius 1 is 1.19 bits per heavy atom. The highest BCUT2D eigenvalue weighted by Crippen LogP contribution is 2.33. The molecule has 5 nitrogen and oxygen atoms in total. The number of anilines is 1. The number of hydrogen-bond acceptors (Lipinski definition) is 5. The van der Waals surface area contributed by atoms with E-state index < -0.39 is 0 Å². The molecule has 0 bridgehead atoms. The van der Waals surface area contributed by atoms with Gasteiger partial charge < -0.3 is 15.0 Å². The highest BCUT2D eigenvalue weighted by Gasteiger charge is 2.29. The average Bonchev–Trinajstić information content (AvgIpc) is 3.32. The maximum Gasteiger partial charge on any atom is 0.138 e. The standard InChI is InChI=1S/C21H26N4OS/c1-14-15(2)27-21-19(14)20(23-13-24-21)22-12-17(25-10-6-7-11-25)16-8-4-5-9-18(16)26-3/h4-5,8-9,13,17H,6-7,10-12H2,1-3H3,(H,22,23,24)/p+1/t17-/m1/s1. The van der Waals surface area contributed by atoms with Crippen molar-refractivity contribution >= 4 is 27.4 Å². The molecule has 0 aliphatic carbocycles. The van der Waals surface area contributed by atoms with Gasteiger partial charge in [0.1, 0.15) is 28.8 Å². The molecule has 1 aliphatic heterocycles. The fourth-order valence-corrected chi connectivity index (χ4v) is 5.12. The average molecular weight is 384 g/mol. The van der Waals surface area contributed by atoms with Gasteiger partial charge in [0.15, 0.2) is 0 Å². The summed E-state index contributed by atoms with van der Waals surface area (Å²) in [7, 11) is 1.76. The number of ether oxygens (including phenoxy) is 1. The van der Waals surface area contributed by atoms with E-state index in [2.05, 4.69) is 47.3 Å². The van der Waals surface area contributed by atoms with E-state index in [9.17, 15) is 0 Å². The van der Waals surface area contributed by atoms with Crippen molar-refractivity contribution in [2.24, 2.45) is 0 Å². The maximum absolute atomic E-state index is 5.67. The molecule has 6 heteroatoms. The van der Waals surface area contributed by atoms with Gasteiger partial charge in [0, 0.05) is 17.7 Å². The number of para-hydroxylation sites is 1. The van der Waals surface area contributed by atoms with Crippen molar-refractivity contribution in [3.8, 4) is 5.75 Å². The smallest absolute Gasteiger partial charge is 0.138 e.